The Balaban J connectivity index is 1.31. The van der Waals surface area contributed by atoms with E-state index in [0.29, 0.717) is 28.7 Å². The average molecular weight is 541 g/mol. The van der Waals surface area contributed by atoms with Gasteiger partial charge in [-0.1, -0.05) is 24.3 Å². The van der Waals surface area contributed by atoms with Crippen molar-refractivity contribution in [3.63, 3.8) is 0 Å². The van der Waals surface area contributed by atoms with Crippen molar-refractivity contribution >= 4 is 34.8 Å². The zero-order valence-electron chi connectivity index (χ0n) is 21.6. The maximum Gasteiger partial charge on any atom is 0.252 e. The lowest BCUT2D eigenvalue weighted by atomic mass is 10.1. The molecule has 3 aromatic carbocycles. The predicted molar refractivity (Wildman–Crippen MR) is 149 cm³/mol. The lowest BCUT2D eigenvalue weighted by Crippen LogP contribution is -2.14. The highest BCUT2D eigenvalue weighted by molar-refractivity contribution is 5.98. The molecule has 2 amide bonds. The number of nitrogens with zero attached hydrogens (tertiary/aromatic N) is 3. The van der Waals surface area contributed by atoms with E-state index in [0.717, 1.165) is 16.7 Å². The number of hydrogen-bond donors (Lipinski definition) is 3. The summed E-state index contributed by atoms with van der Waals surface area (Å²) in [6.45, 7) is 0. The van der Waals surface area contributed by atoms with Crippen molar-refractivity contribution < 1.29 is 23.5 Å². The van der Waals surface area contributed by atoms with Gasteiger partial charge in [-0.3, -0.25) is 9.59 Å². The molecule has 0 radical (unpaired) electrons. The molecule has 5 aromatic rings. The van der Waals surface area contributed by atoms with Crippen molar-refractivity contribution in [3.8, 4) is 22.6 Å². The van der Waals surface area contributed by atoms with Crippen molar-refractivity contribution in [2.75, 3.05) is 24.9 Å². The number of primary amides is 1. The molecule has 0 aliphatic rings. The predicted octanol–water partition coefficient (Wildman–Crippen LogP) is 4.58. The van der Waals surface area contributed by atoms with Gasteiger partial charge in [-0.05, 0) is 59.7 Å². The minimum atomic E-state index is -0.638. The Morgan fingerprint density at radius 1 is 0.900 bits per heavy atom. The van der Waals surface area contributed by atoms with Gasteiger partial charge in [0.05, 0.1) is 31.9 Å². The van der Waals surface area contributed by atoms with Gasteiger partial charge in [0.25, 0.3) is 5.91 Å². The van der Waals surface area contributed by atoms with Gasteiger partial charge in [-0.2, -0.15) is 4.98 Å². The highest BCUT2D eigenvalue weighted by Crippen LogP contribution is 2.39. The van der Waals surface area contributed by atoms with Gasteiger partial charge in [0.2, 0.25) is 11.9 Å². The number of pyridine rings is 1. The fourth-order valence-electron chi connectivity index (χ4n) is 4.23. The number of amides is 2. The number of methoxy groups -OCH3 is 2. The van der Waals surface area contributed by atoms with Crippen molar-refractivity contribution in [3.05, 3.63) is 95.9 Å². The Bertz CT molecular complexity index is 1700. The molecule has 4 N–H and O–H groups in total. The highest BCUT2D eigenvalue weighted by atomic mass is 19.1. The number of hydrogen-bond acceptors (Lipinski definition) is 7. The van der Waals surface area contributed by atoms with E-state index in [1.54, 1.807) is 22.7 Å². The molecule has 11 heteroatoms. The minimum Gasteiger partial charge on any atom is -0.492 e. The molecule has 0 bridgehead atoms. The highest BCUT2D eigenvalue weighted by Gasteiger charge is 2.19. The first-order valence-electron chi connectivity index (χ1n) is 12.2. The van der Waals surface area contributed by atoms with E-state index in [1.165, 1.54) is 32.4 Å². The van der Waals surface area contributed by atoms with E-state index in [4.69, 9.17) is 15.2 Å². The number of carbonyl (C=O) groups excluding carboxylic acids is 2. The number of benzene rings is 3. The number of anilines is 3. The number of nitrogens with two attached hydrogens (primary N) is 1. The van der Waals surface area contributed by atoms with Crippen molar-refractivity contribution in [2.24, 2.45) is 5.73 Å². The minimum absolute atomic E-state index is 0.148. The second kappa shape index (κ2) is 11.1. The summed E-state index contributed by atoms with van der Waals surface area (Å²) in [7, 11) is 2.88. The lowest BCUT2D eigenvalue weighted by Gasteiger charge is -2.15. The molecular weight excluding hydrogens is 515 g/mol. The van der Waals surface area contributed by atoms with Crippen LogP contribution in [0.25, 0.3) is 16.8 Å². The second-order valence-corrected chi connectivity index (χ2v) is 8.80. The Hall–Kier alpha value is -5.45. The number of halogens is 1. The molecule has 5 rings (SSSR count). The van der Waals surface area contributed by atoms with Crippen LogP contribution in [0.15, 0.2) is 79.0 Å². The van der Waals surface area contributed by atoms with Crippen molar-refractivity contribution in [1.82, 2.24) is 14.6 Å². The van der Waals surface area contributed by atoms with Crippen LogP contribution in [0.3, 0.4) is 0 Å². The van der Waals surface area contributed by atoms with Crippen LogP contribution in [-0.4, -0.2) is 40.6 Å². The Labute approximate surface area is 228 Å². The van der Waals surface area contributed by atoms with E-state index in [9.17, 15) is 14.0 Å². The smallest absolute Gasteiger partial charge is 0.252 e. The molecule has 0 aliphatic heterocycles. The van der Waals surface area contributed by atoms with Crippen LogP contribution < -0.4 is 25.8 Å². The summed E-state index contributed by atoms with van der Waals surface area (Å²) < 4.78 is 25.5. The molecular formula is C29H25FN6O4. The lowest BCUT2D eigenvalue weighted by molar-refractivity contribution is -0.115. The van der Waals surface area contributed by atoms with E-state index >= 15 is 0 Å². The first-order valence-corrected chi connectivity index (χ1v) is 12.2. The topological polar surface area (TPSA) is 133 Å². The maximum atomic E-state index is 13.1. The van der Waals surface area contributed by atoms with Crippen LogP contribution in [0, 0.1) is 5.82 Å². The molecule has 0 saturated heterocycles. The molecule has 2 aromatic heterocycles. The number of fused-ring (bicyclic) bond motifs is 1. The molecule has 0 unspecified atom stereocenters. The van der Waals surface area contributed by atoms with Gasteiger partial charge in [0.15, 0.2) is 17.1 Å². The molecule has 0 aliphatic carbocycles. The standard InChI is InChI=1S/C29H25FN6O4/c1-39-26-22(28(31)38)12-13-23(27(26)40-2)33-29-34-24-14-7-19(16-36(24)35-29)18-5-10-21(11-6-18)32-25(37)15-17-3-8-20(30)9-4-17/h3-14,16H,15H2,1-2H3,(H2,31,38)(H,32,37)(H,33,35). The van der Waals surface area contributed by atoms with Crippen LogP contribution in [0.4, 0.5) is 21.7 Å². The summed E-state index contributed by atoms with van der Waals surface area (Å²) in [6, 6.07) is 20.2. The van der Waals surface area contributed by atoms with Gasteiger partial charge < -0.3 is 25.8 Å². The number of carbonyl (C=O) groups is 2. The summed E-state index contributed by atoms with van der Waals surface area (Å²) in [6.07, 6.45) is 1.99. The molecule has 2 heterocycles. The summed E-state index contributed by atoms with van der Waals surface area (Å²) in [5, 5.41) is 10.5. The fourth-order valence-corrected chi connectivity index (χ4v) is 4.23. The molecule has 0 atom stereocenters. The Morgan fingerprint density at radius 2 is 1.60 bits per heavy atom. The molecule has 40 heavy (non-hydrogen) atoms. The molecule has 10 nitrogen and oxygen atoms in total. The van der Waals surface area contributed by atoms with Gasteiger partial charge in [0, 0.05) is 17.4 Å². The van der Waals surface area contributed by atoms with E-state index in [1.807, 2.05) is 42.6 Å². The van der Waals surface area contributed by atoms with Crippen LogP contribution in [0.1, 0.15) is 15.9 Å². The summed E-state index contributed by atoms with van der Waals surface area (Å²) >= 11 is 0. The maximum absolute atomic E-state index is 13.1. The number of ether oxygens (including phenoxy) is 2. The monoisotopic (exact) mass is 540 g/mol. The van der Waals surface area contributed by atoms with Gasteiger partial charge in [-0.25, -0.2) is 8.91 Å². The summed E-state index contributed by atoms with van der Waals surface area (Å²) in [4.78, 5) is 28.6. The Kier molecular flexibility index (Phi) is 7.27. The zero-order chi connectivity index (χ0) is 28.2. The van der Waals surface area contributed by atoms with Gasteiger partial charge in [-0.15, -0.1) is 5.10 Å². The van der Waals surface area contributed by atoms with Gasteiger partial charge in [0.1, 0.15) is 5.82 Å². The third-order valence-electron chi connectivity index (χ3n) is 6.14. The third kappa shape index (κ3) is 5.53. The zero-order valence-corrected chi connectivity index (χ0v) is 21.6. The van der Waals surface area contributed by atoms with Crippen LogP contribution in [0.5, 0.6) is 11.5 Å². The van der Waals surface area contributed by atoms with E-state index < -0.39 is 5.91 Å². The molecule has 0 saturated carbocycles. The Morgan fingerprint density at radius 3 is 2.27 bits per heavy atom. The van der Waals surface area contributed by atoms with Gasteiger partial charge >= 0.3 is 0 Å². The normalized spacial score (nSPS) is 10.8. The average Bonchev–Trinajstić information content (AvgIpc) is 3.35. The first-order chi connectivity index (χ1) is 19.3. The van der Waals surface area contributed by atoms with Crippen LogP contribution in [-0.2, 0) is 11.2 Å². The quantitative estimate of drug-likeness (QED) is 0.249. The van der Waals surface area contributed by atoms with E-state index in [2.05, 4.69) is 20.7 Å². The van der Waals surface area contributed by atoms with Crippen LogP contribution >= 0.6 is 0 Å². The SMILES string of the molecule is COc1c(Nc2nc3ccc(-c4ccc(NC(=O)Cc5ccc(F)cc5)cc4)cn3n2)ccc(C(N)=O)c1OC. The summed E-state index contributed by atoms with van der Waals surface area (Å²) in [5.41, 5.74) is 9.91. The molecule has 0 spiro atoms. The number of rotatable bonds is 9. The van der Waals surface area contributed by atoms with Crippen LogP contribution in [0.2, 0.25) is 0 Å². The summed E-state index contributed by atoms with van der Waals surface area (Å²) in [5.74, 6) is -0.358. The fraction of sp³-hybridized carbons (Fsp3) is 0.103. The van der Waals surface area contributed by atoms with Crippen molar-refractivity contribution in [1.29, 1.82) is 0 Å². The first kappa shape index (κ1) is 26.2. The number of aromatic nitrogens is 3. The third-order valence-corrected chi connectivity index (χ3v) is 6.14. The van der Waals surface area contributed by atoms with E-state index in [-0.39, 0.29) is 29.5 Å². The largest absolute Gasteiger partial charge is 0.492 e. The molecule has 0 fully saturated rings. The second-order valence-electron chi connectivity index (χ2n) is 8.80. The van der Waals surface area contributed by atoms with Crippen molar-refractivity contribution in [2.45, 2.75) is 6.42 Å². The number of nitrogens with one attached hydrogen (secondary N) is 2. The molecule has 202 valence electrons.